The van der Waals surface area contributed by atoms with Gasteiger partial charge in [-0.05, 0) is 30.3 Å². The van der Waals surface area contributed by atoms with Gasteiger partial charge in [0.2, 0.25) is 0 Å². The number of fused-ring (bicyclic) bond motifs is 1. The fraction of sp³-hybridized carbons (Fsp3) is 0.167. The second kappa shape index (κ2) is 7.06. The van der Waals surface area contributed by atoms with E-state index in [9.17, 15) is 26.0 Å². The summed E-state index contributed by atoms with van der Waals surface area (Å²) < 4.78 is 81.4. The number of rotatable bonds is 4. The SMILES string of the molecule is O=S(=O)(Nc1cccc(-c2cn3c(n2)SCC3)c1)c1ccc(F)c(C(F)(F)F)c1. The van der Waals surface area contributed by atoms with Gasteiger partial charge in [0.1, 0.15) is 5.82 Å². The van der Waals surface area contributed by atoms with Crippen LogP contribution in [0.1, 0.15) is 5.56 Å². The summed E-state index contributed by atoms with van der Waals surface area (Å²) >= 11 is 1.62. The molecule has 0 aliphatic carbocycles. The molecule has 2 heterocycles. The zero-order valence-corrected chi connectivity index (χ0v) is 16.2. The van der Waals surface area contributed by atoms with E-state index in [1.165, 1.54) is 12.1 Å². The molecule has 0 unspecified atom stereocenters. The molecule has 0 amide bonds. The van der Waals surface area contributed by atoms with Gasteiger partial charge in [-0.3, -0.25) is 4.72 Å². The van der Waals surface area contributed by atoms with Crippen molar-refractivity contribution in [3.63, 3.8) is 0 Å². The molecule has 0 saturated carbocycles. The first-order valence-corrected chi connectivity index (χ1v) is 10.8. The predicted molar refractivity (Wildman–Crippen MR) is 101 cm³/mol. The highest BCUT2D eigenvalue weighted by molar-refractivity contribution is 7.99. The van der Waals surface area contributed by atoms with Crippen LogP contribution in [0.2, 0.25) is 0 Å². The Morgan fingerprint density at radius 2 is 1.93 bits per heavy atom. The van der Waals surface area contributed by atoms with E-state index in [1.54, 1.807) is 23.9 Å². The van der Waals surface area contributed by atoms with Crippen molar-refractivity contribution in [1.82, 2.24) is 9.55 Å². The molecule has 1 aliphatic heterocycles. The third-order valence-electron chi connectivity index (χ3n) is 4.27. The molecule has 0 radical (unpaired) electrons. The van der Waals surface area contributed by atoms with E-state index in [-0.39, 0.29) is 11.8 Å². The van der Waals surface area contributed by atoms with E-state index >= 15 is 0 Å². The fourth-order valence-electron chi connectivity index (χ4n) is 2.89. The van der Waals surface area contributed by atoms with Crippen molar-refractivity contribution in [2.75, 3.05) is 10.5 Å². The van der Waals surface area contributed by atoms with Gasteiger partial charge in [-0.25, -0.2) is 17.8 Å². The molecule has 1 aromatic heterocycles. The van der Waals surface area contributed by atoms with E-state index in [1.807, 2.05) is 10.8 Å². The van der Waals surface area contributed by atoms with E-state index in [0.29, 0.717) is 17.3 Å². The van der Waals surface area contributed by atoms with Gasteiger partial charge >= 0.3 is 6.18 Å². The van der Waals surface area contributed by atoms with E-state index in [2.05, 4.69) is 9.71 Å². The Morgan fingerprint density at radius 3 is 2.66 bits per heavy atom. The lowest BCUT2D eigenvalue weighted by atomic mass is 10.1. The van der Waals surface area contributed by atoms with Crippen LogP contribution in [0.3, 0.4) is 0 Å². The van der Waals surface area contributed by atoms with Crippen molar-refractivity contribution in [2.24, 2.45) is 0 Å². The maximum atomic E-state index is 13.4. The number of anilines is 1. The molecular formula is C18H13F4N3O2S2. The van der Waals surface area contributed by atoms with Gasteiger partial charge in [-0.15, -0.1) is 0 Å². The molecular weight excluding hydrogens is 430 g/mol. The van der Waals surface area contributed by atoms with Crippen molar-refractivity contribution >= 4 is 27.5 Å². The zero-order chi connectivity index (χ0) is 20.8. The molecule has 0 bridgehead atoms. The number of benzene rings is 2. The number of halogens is 4. The van der Waals surface area contributed by atoms with Crippen LogP contribution in [-0.4, -0.2) is 23.7 Å². The Balaban J connectivity index is 1.63. The number of nitrogens with zero attached hydrogens (tertiary/aromatic N) is 2. The minimum atomic E-state index is -5.00. The van der Waals surface area contributed by atoms with Crippen LogP contribution in [0.4, 0.5) is 23.2 Å². The summed E-state index contributed by atoms with van der Waals surface area (Å²) in [5, 5.41) is 0.872. The van der Waals surface area contributed by atoms with Gasteiger partial charge < -0.3 is 4.57 Å². The number of aryl methyl sites for hydroxylation is 1. The molecule has 152 valence electrons. The normalized spacial score (nSPS) is 14.1. The van der Waals surface area contributed by atoms with E-state index in [4.69, 9.17) is 0 Å². The number of aromatic nitrogens is 2. The lowest BCUT2D eigenvalue weighted by molar-refractivity contribution is -0.140. The zero-order valence-electron chi connectivity index (χ0n) is 14.6. The Morgan fingerprint density at radius 1 is 1.14 bits per heavy atom. The fourth-order valence-corrected chi connectivity index (χ4v) is 4.91. The van der Waals surface area contributed by atoms with Crippen LogP contribution < -0.4 is 4.72 Å². The largest absolute Gasteiger partial charge is 0.419 e. The average Bonchev–Trinajstić information content (AvgIpc) is 3.22. The van der Waals surface area contributed by atoms with E-state index in [0.717, 1.165) is 23.5 Å². The molecule has 0 atom stereocenters. The Kier molecular flexibility index (Phi) is 4.82. The second-order valence-corrected chi connectivity index (χ2v) is 9.02. The van der Waals surface area contributed by atoms with Gasteiger partial charge in [0.05, 0.1) is 16.2 Å². The number of hydrogen-bond donors (Lipinski definition) is 1. The van der Waals surface area contributed by atoms with Gasteiger partial charge in [-0.2, -0.15) is 13.2 Å². The van der Waals surface area contributed by atoms with Crippen molar-refractivity contribution in [3.8, 4) is 11.3 Å². The summed E-state index contributed by atoms with van der Waals surface area (Å²) in [7, 11) is -4.35. The van der Waals surface area contributed by atoms with Crippen LogP contribution in [-0.2, 0) is 22.7 Å². The summed E-state index contributed by atoms with van der Waals surface area (Å²) in [5.41, 5.74) is -0.169. The number of hydrogen-bond acceptors (Lipinski definition) is 4. The molecule has 1 N–H and O–H groups in total. The minimum Gasteiger partial charge on any atom is -0.325 e. The monoisotopic (exact) mass is 443 g/mol. The number of nitrogens with one attached hydrogen (secondary N) is 1. The number of sulfonamides is 1. The van der Waals surface area contributed by atoms with Crippen LogP contribution in [0.25, 0.3) is 11.3 Å². The first-order valence-electron chi connectivity index (χ1n) is 8.33. The Bertz CT molecular complexity index is 1170. The lowest BCUT2D eigenvalue weighted by Gasteiger charge is -2.12. The third-order valence-corrected chi connectivity index (χ3v) is 6.62. The smallest absolute Gasteiger partial charge is 0.325 e. The third kappa shape index (κ3) is 3.97. The van der Waals surface area contributed by atoms with Crippen molar-refractivity contribution in [3.05, 3.63) is 60.0 Å². The highest BCUT2D eigenvalue weighted by atomic mass is 32.2. The Labute approximate surface area is 167 Å². The molecule has 0 saturated heterocycles. The molecule has 0 spiro atoms. The molecule has 1 aliphatic rings. The molecule has 11 heteroatoms. The summed E-state index contributed by atoms with van der Waals surface area (Å²) in [6.45, 7) is 0.839. The molecule has 3 aromatic rings. The first-order chi connectivity index (χ1) is 13.6. The number of imidazole rings is 1. The highest BCUT2D eigenvalue weighted by Crippen LogP contribution is 2.34. The van der Waals surface area contributed by atoms with Gasteiger partial charge in [-0.1, -0.05) is 23.9 Å². The molecule has 4 rings (SSSR count). The molecule has 0 fully saturated rings. The quantitative estimate of drug-likeness (QED) is 0.598. The minimum absolute atomic E-state index is 0.154. The number of thioether (sulfide) groups is 1. The number of alkyl halides is 3. The topological polar surface area (TPSA) is 64.0 Å². The van der Waals surface area contributed by atoms with Gasteiger partial charge in [0.25, 0.3) is 10.0 Å². The second-order valence-electron chi connectivity index (χ2n) is 6.28. The summed E-state index contributed by atoms with van der Waals surface area (Å²) in [6, 6.07) is 7.91. The summed E-state index contributed by atoms with van der Waals surface area (Å²) in [6.07, 6.45) is -3.15. The lowest BCUT2D eigenvalue weighted by Crippen LogP contribution is -2.15. The maximum Gasteiger partial charge on any atom is 0.419 e. The molecule has 29 heavy (non-hydrogen) atoms. The standard InChI is InChI=1S/C18H13F4N3O2S2/c19-15-5-4-13(9-14(15)18(20,21)22)29(26,27)24-12-3-1-2-11(8-12)16-10-25-6-7-28-17(25)23-16/h1-5,8-10,24H,6-7H2. The van der Waals surface area contributed by atoms with E-state index < -0.39 is 32.5 Å². The summed E-state index contributed by atoms with van der Waals surface area (Å²) in [5.74, 6) is -0.593. The highest BCUT2D eigenvalue weighted by Gasteiger charge is 2.35. The maximum absolute atomic E-state index is 13.4. The van der Waals surface area contributed by atoms with Crippen LogP contribution in [0, 0.1) is 5.82 Å². The molecule has 2 aromatic carbocycles. The predicted octanol–water partition coefficient (Wildman–Crippen LogP) is 4.61. The summed E-state index contributed by atoms with van der Waals surface area (Å²) in [4.78, 5) is 3.80. The average molecular weight is 443 g/mol. The van der Waals surface area contributed by atoms with Crippen molar-refractivity contribution in [1.29, 1.82) is 0 Å². The molecule has 5 nitrogen and oxygen atoms in total. The van der Waals surface area contributed by atoms with Crippen molar-refractivity contribution in [2.45, 2.75) is 22.8 Å². The first kappa shape index (κ1) is 19.8. The van der Waals surface area contributed by atoms with Crippen LogP contribution >= 0.6 is 11.8 Å². The Hall–Kier alpha value is -2.53. The van der Waals surface area contributed by atoms with Gasteiger partial charge in [0, 0.05) is 29.7 Å². The van der Waals surface area contributed by atoms with Crippen molar-refractivity contribution < 1.29 is 26.0 Å². The van der Waals surface area contributed by atoms with Gasteiger partial charge in [0.15, 0.2) is 5.16 Å². The van der Waals surface area contributed by atoms with Crippen LogP contribution in [0.5, 0.6) is 0 Å². The van der Waals surface area contributed by atoms with Crippen LogP contribution in [0.15, 0.2) is 58.7 Å².